The van der Waals surface area contributed by atoms with Crippen LogP contribution in [0.1, 0.15) is 29.2 Å². The maximum absolute atomic E-state index is 13.1. The predicted molar refractivity (Wildman–Crippen MR) is 120 cm³/mol. The highest BCUT2D eigenvalue weighted by molar-refractivity contribution is 7.88. The number of hydrogen-bond acceptors (Lipinski definition) is 6. The van der Waals surface area contributed by atoms with E-state index in [9.17, 15) is 23.1 Å². The molecule has 10 nitrogen and oxygen atoms in total. The summed E-state index contributed by atoms with van der Waals surface area (Å²) in [7, 11) is -4.52. The molecule has 3 rings (SSSR count). The van der Waals surface area contributed by atoms with Crippen molar-refractivity contribution in [3.8, 4) is 0 Å². The van der Waals surface area contributed by atoms with E-state index in [-0.39, 0.29) is 34.8 Å². The zero-order valence-corrected chi connectivity index (χ0v) is 20.2. The zero-order valence-electron chi connectivity index (χ0n) is 18.4. The van der Waals surface area contributed by atoms with Crippen LogP contribution in [0.5, 0.6) is 0 Å². The zero-order chi connectivity index (χ0) is 23.0. The molecule has 0 radical (unpaired) electrons. The quantitative estimate of drug-likeness (QED) is 0.461. The van der Waals surface area contributed by atoms with Gasteiger partial charge in [-0.15, -0.1) is 0 Å². The van der Waals surface area contributed by atoms with E-state index in [0.717, 1.165) is 12.3 Å². The lowest BCUT2D eigenvalue weighted by Crippen LogP contribution is -2.40. The highest BCUT2D eigenvalue weighted by Crippen LogP contribution is 2.25. The molecule has 12 heteroatoms. The summed E-state index contributed by atoms with van der Waals surface area (Å²) in [5.41, 5.74) is -0.247. The third-order valence-corrected chi connectivity index (χ3v) is 8.49. The van der Waals surface area contributed by atoms with Gasteiger partial charge in [0, 0.05) is 46.2 Å². The third kappa shape index (κ3) is 5.62. The number of piperidine rings is 1. The van der Waals surface area contributed by atoms with Crippen molar-refractivity contribution in [3.05, 3.63) is 28.3 Å². The van der Waals surface area contributed by atoms with Crippen molar-refractivity contribution >= 4 is 35.0 Å². The van der Waals surface area contributed by atoms with Crippen LogP contribution in [0.15, 0.2) is 17.2 Å². The first-order chi connectivity index (χ1) is 14.4. The van der Waals surface area contributed by atoms with Crippen LogP contribution in [0.4, 0.5) is 0 Å². The van der Waals surface area contributed by atoms with Gasteiger partial charge in [-0.25, -0.2) is 22.2 Å². The molecule has 0 amide bonds. The molecular weight excluding hydrogens is 440 g/mol. The number of fused-ring (bicyclic) bond motifs is 1. The van der Waals surface area contributed by atoms with Gasteiger partial charge in [-0.3, -0.25) is 4.79 Å². The number of ether oxygens (including phenoxy) is 1. The second-order valence-corrected chi connectivity index (χ2v) is 16.8. The number of sulfonamides is 1. The number of aromatic nitrogens is 3. The van der Waals surface area contributed by atoms with Gasteiger partial charge in [0.1, 0.15) is 17.8 Å². The molecule has 1 aliphatic rings. The SMILES string of the molecule is C[Si](C)(C)CCOCn1cc2c(=O)n(C3CCN(S(C)(=O)=O)CC3)cc(C(=O)O)c2n1. The topological polar surface area (TPSA) is 124 Å². The summed E-state index contributed by atoms with van der Waals surface area (Å²) >= 11 is 0. The van der Waals surface area contributed by atoms with Crippen molar-refractivity contribution in [2.24, 2.45) is 0 Å². The standard InChI is InChI=1S/C19H30N4O6SSi/c1-30(27,28)22-7-5-14(6-8-22)23-12-16(19(25)26)17-15(18(23)24)11-21(20-17)13-29-9-10-31(2,3)4/h11-12,14H,5-10,13H2,1-4H3,(H,25,26). The van der Waals surface area contributed by atoms with Crippen molar-refractivity contribution in [1.82, 2.24) is 18.7 Å². The summed E-state index contributed by atoms with van der Waals surface area (Å²) in [6, 6.07) is 0.719. The molecular formula is C19H30N4O6SSi. The van der Waals surface area contributed by atoms with Crippen LogP contribution in [0.3, 0.4) is 0 Å². The number of carbonyl (C=O) groups is 1. The number of carboxylic acids is 1. The maximum Gasteiger partial charge on any atom is 0.339 e. The highest BCUT2D eigenvalue weighted by Gasteiger charge is 2.28. The summed E-state index contributed by atoms with van der Waals surface area (Å²) < 4.78 is 33.4. The van der Waals surface area contributed by atoms with E-state index in [1.807, 2.05) is 0 Å². The van der Waals surface area contributed by atoms with Crippen LogP contribution in [0.2, 0.25) is 25.7 Å². The van der Waals surface area contributed by atoms with Gasteiger partial charge in [-0.1, -0.05) is 19.6 Å². The van der Waals surface area contributed by atoms with Crippen LogP contribution >= 0.6 is 0 Å². The molecule has 1 aliphatic heterocycles. The lowest BCUT2D eigenvalue weighted by Gasteiger charge is -2.31. The smallest absolute Gasteiger partial charge is 0.339 e. The molecule has 0 aliphatic carbocycles. The molecule has 0 aromatic carbocycles. The average molecular weight is 471 g/mol. The Balaban J connectivity index is 1.86. The highest BCUT2D eigenvalue weighted by atomic mass is 32.2. The van der Waals surface area contributed by atoms with E-state index in [1.54, 1.807) is 0 Å². The summed E-state index contributed by atoms with van der Waals surface area (Å²) in [4.78, 5) is 25.0. The van der Waals surface area contributed by atoms with Crippen LogP contribution in [0, 0.1) is 0 Å². The Labute approximate surface area is 182 Å². The average Bonchev–Trinajstić information content (AvgIpc) is 3.09. The van der Waals surface area contributed by atoms with Gasteiger partial charge in [-0.2, -0.15) is 5.10 Å². The first kappa shape index (κ1) is 23.6. The second-order valence-electron chi connectivity index (χ2n) is 9.23. The van der Waals surface area contributed by atoms with Gasteiger partial charge in [-0.05, 0) is 18.9 Å². The molecule has 1 saturated heterocycles. The van der Waals surface area contributed by atoms with Gasteiger partial charge >= 0.3 is 5.97 Å². The van der Waals surface area contributed by atoms with E-state index in [2.05, 4.69) is 24.7 Å². The molecule has 3 heterocycles. The van der Waals surface area contributed by atoms with Crippen molar-refractivity contribution in [2.75, 3.05) is 26.0 Å². The molecule has 0 spiro atoms. The van der Waals surface area contributed by atoms with Crippen LogP contribution in [-0.4, -0.2) is 72.2 Å². The molecule has 1 N–H and O–H groups in total. The second kappa shape index (κ2) is 8.85. The predicted octanol–water partition coefficient (Wildman–Crippen LogP) is 1.80. The molecule has 2 aromatic rings. The molecule has 172 valence electrons. The molecule has 0 saturated carbocycles. The van der Waals surface area contributed by atoms with Gasteiger partial charge in [0.25, 0.3) is 5.56 Å². The molecule has 31 heavy (non-hydrogen) atoms. The van der Waals surface area contributed by atoms with Crippen LogP contribution < -0.4 is 5.56 Å². The number of aromatic carboxylic acids is 1. The Hall–Kier alpha value is -2.02. The summed E-state index contributed by atoms with van der Waals surface area (Å²) in [5, 5.41) is 14.2. The van der Waals surface area contributed by atoms with E-state index < -0.39 is 24.1 Å². The van der Waals surface area contributed by atoms with E-state index >= 15 is 0 Å². The number of hydrogen-bond donors (Lipinski definition) is 1. The fourth-order valence-electron chi connectivity index (χ4n) is 3.66. The van der Waals surface area contributed by atoms with E-state index in [1.165, 1.54) is 25.9 Å². The van der Waals surface area contributed by atoms with Crippen molar-refractivity contribution in [2.45, 2.75) is 51.3 Å². The number of nitrogens with zero attached hydrogens (tertiary/aromatic N) is 4. The molecule has 2 aromatic heterocycles. The van der Waals surface area contributed by atoms with Crippen molar-refractivity contribution < 1.29 is 23.1 Å². The fraction of sp³-hybridized carbons (Fsp3) is 0.632. The Morgan fingerprint density at radius 2 is 1.90 bits per heavy atom. The minimum atomic E-state index is -3.29. The summed E-state index contributed by atoms with van der Waals surface area (Å²) in [5.74, 6) is -1.17. The van der Waals surface area contributed by atoms with Crippen molar-refractivity contribution in [1.29, 1.82) is 0 Å². The Kier molecular flexibility index (Phi) is 6.74. The molecule has 1 fully saturated rings. The van der Waals surface area contributed by atoms with Crippen LogP contribution in [-0.2, 0) is 21.5 Å². The van der Waals surface area contributed by atoms with Crippen molar-refractivity contribution in [3.63, 3.8) is 0 Å². The minimum Gasteiger partial charge on any atom is -0.478 e. The van der Waals surface area contributed by atoms with Gasteiger partial charge in [0.15, 0.2) is 0 Å². The Bertz CT molecular complexity index is 1130. The van der Waals surface area contributed by atoms with Gasteiger partial charge in [0.2, 0.25) is 10.0 Å². The maximum atomic E-state index is 13.1. The van der Waals surface area contributed by atoms with E-state index in [0.29, 0.717) is 32.5 Å². The Morgan fingerprint density at radius 3 is 2.45 bits per heavy atom. The molecule has 0 atom stereocenters. The number of carboxylic acid groups (broad SMARTS) is 1. The minimum absolute atomic E-state index is 0.0546. The van der Waals surface area contributed by atoms with Gasteiger partial charge in [0.05, 0.1) is 11.6 Å². The molecule has 0 bridgehead atoms. The summed E-state index contributed by atoms with van der Waals surface area (Å²) in [6.07, 6.45) is 4.89. The summed E-state index contributed by atoms with van der Waals surface area (Å²) in [6.45, 7) is 8.06. The third-order valence-electron chi connectivity index (χ3n) is 5.49. The largest absolute Gasteiger partial charge is 0.478 e. The first-order valence-corrected chi connectivity index (χ1v) is 15.8. The fourth-order valence-corrected chi connectivity index (χ4v) is 5.29. The lowest BCUT2D eigenvalue weighted by molar-refractivity contribution is 0.0695. The number of pyridine rings is 1. The van der Waals surface area contributed by atoms with Crippen LogP contribution in [0.25, 0.3) is 10.9 Å². The lowest BCUT2D eigenvalue weighted by atomic mass is 10.1. The normalized spacial score (nSPS) is 16.8. The first-order valence-electron chi connectivity index (χ1n) is 10.3. The van der Waals surface area contributed by atoms with E-state index in [4.69, 9.17) is 4.74 Å². The monoisotopic (exact) mass is 470 g/mol. The Morgan fingerprint density at radius 1 is 1.26 bits per heavy atom. The molecule has 0 unspecified atom stereocenters. The van der Waals surface area contributed by atoms with Gasteiger partial charge < -0.3 is 14.4 Å². The number of rotatable bonds is 8.